The van der Waals surface area contributed by atoms with Crippen molar-refractivity contribution >= 4 is 5.91 Å². The van der Waals surface area contributed by atoms with Gasteiger partial charge in [0.05, 0.1) is 5.92 Å². The predicted molar refractivity (Wildman–Crippen MR) is 45.5 cm³/mol. The van der Waals surface area contributed by atoms with E-state index < -0.39 is 0 Å². The van der Waals surface area contributed by atoms with E-state index in [9.17, 15) is 4.79 Å². The fourth-order valence-electron chi connectivity index (χ4n) is 1.32. The number of rotatable bonds is 1. The molecular formula is C9H13NO2. The molecule has 0 saturated carbocycles. The summed E-state index contributed by atoms with van der Waals surface area (Å²) >= 11 is 0. The van der Waals surface area contributed by atoms with Crippen molar-refractivity contribution in [2.75, 3.05) is 0 Å². The average molecular weight is 167 g/mol. The van der Waals surface area contributed by atoms with E-state index in [1.165, 1.54) is 0 Å². The van der Waals surface area contributed by atoms with Gasteiger partial charge in [-0.1, -0.05) is 30.7 Å². The molecule has 12 heavy (non-hydrogen) atoms. The molecule has 0 fully saturated rings. The van der Waals surface area contributed by atoms with Gasteiger partial charge in [0, 0.05) is 0 Å². The summed E-state index contributed by atoms with van der Waals surface area (Å²) in [4.78, 5) is 11.1. The minimum atomic E-state index is -0.341. The van der Waals surface area contributed by atoms with Crippen molar-refractivity contribution in [1.29, 1.82) is 0 Å². The standard InChI is InChI=1S/C9H13NO2/c1-6-4-3-5-8(7(6)2)9(11)10-12/h3-5,7-8,12H,1-2H3,(H,10,11). The molecule has 0 aliphatic heterocycles. The van der Waals surface area contributed by atoms with Crippen molar-refractivity contribution in [1.82, 2.24) is 5.48 Å². The summed E-state index contributed by atoms with van der Waals surface area (Å²) < 4.78 is 0. The van der Waals surface area contributed by atoms with Crippen LogP contribution in [0.25, 0.3) is 0 Å². The summed E-state index contributed by atoms with van der Waals surface area (Å²) in [5.41, 5.74) is 2.83. The molecule has 1 aliphatic rings. The van der Waals surface area contributed by atoms with Crippen molar-refractivity contribution in [2.45, 2.75) is 13.8 Å². The lowest BCUT2D eigenvalue weighted by molar-refractivity contribution is -0.132. The molecule has 0 aromatic heterocycles. The Bertz CT molecular complexity index is 243. The molecule has 0 heterocycles. The van der Waals surface area contributed by atoms with Gasteiger partial charge >= 0.3 is 0 Å². The highest BCUT2D eigenvalue weighted by atomic mass is 16.5. The zero-order chi connectivity index (χ0) is 9.14. The van der Waals surface area contributed by atoms with E-state index in [1.54, 1.807) is 11.6 Å². The number of amides is 1. The van der Waals surface area contributed by atoms with Crippen LogP contribution in [0, 0.1) is 11.8 Å². The fourth-order valence-corrected chi connectivity index (χ4v) is 1.32. The molecule has 3 nitrogen and oxygen atoms in total. The first-order valence-electron chi connectivity index (χ1n) is 3.95. The van der Waals surface area contributed by atoms with E-state index in [0.29, 0.717) is 0 Å². The number of carbonyl (C=O) groups excluding carboxylic acids is 1. The van der Waals surface area contributed by atoms with Gasteiger partial charge in [-0.15, -0.1) is 0 Å². The molecule has 0 aromatic carbocycles. The van der Waals surface area contributed by atoms with Crippen LogP contribution in [0.5, 0.6) is 0 Å². The minimum Gasteiger partial charge on any atom is -0.289 e. The zero-order valence-corrected chi connectivity index (χ0v) is 7.24. The van der Waals surface area contributed by atoms with Crippen LogP contribution in [-0.2, 0) is 4.79 Å². The molecule has 0 radical (unpaired) electrons. The van der Waals surface area contributed by atoms with E-state index in [2.05, 4.69) is 0 Å². The van der Waals surface area contributed by atoms with Crippen LogP contribution in [-0.4, -0.2) is 11.1 Å². The number of hydroxylamine groups is 1. The van der Waals surface area contributed by atoms with Gasteiger partial charge in [0.25, 0.3) is 5.91 Å². The second-order valence-corrected chi connectivity index (χ2v) is 3.09. The highest BCUT2D eigenvalue weighted by Gasteiger charge is 2.24. The van der Waals surface area contributed by atoms with Crippen LogP contribution in [0.3, 0.4) is 0 Å². The first kappa shape index (κ1) is 9.00. The third-order valence-corrected chi connectivity index (χ3v) is 2.35. The van der Waals surface area contributed by atoms with E-state index in [4.69, 9.17) is 5.21 Å². The normalized spacial score (nSPS) is 28.1. The summed E-state index contributed by atoms with van der Waals surface area (Å²) in [6.45, 7) is 3.95. The highest BCUT2D eigenvalue weighted by Crippen LogP contribution is 2.25. The lowest BCUT2D eigenvalue weighted by Gasteiger charge is -2.22. The highest BCUT2D eigenvalue weighted by molar-refractivity contribution is 5.80. The Labute approximate surface area is 71.7 Å². The molecule has 0 spiro atoms. The Kier molecular flexibility index (Phi) is 2.65. The smallest absolute Gasteiger partial charge is 0.250 e. The second-order valence-electron chi connectivity index (χ2n) is 3.09. The Morgan fingerprint density at radius 1 is 1.67 bits per heavy atom. The van der Waals surface area contributed by atoms with Gasteiger partial charge in [-0.05, 0) is 12.8 Å². The zero-order valence-electron chi connectivity index (χ0n) is 7.24. The Hall–Kier alpha value is -1.09. The SMILES string of the molecule is CC1=CC=CC(C(=O)NO)C1C. The summed E-state index contributed by atoms with van der Waals surface area (Å²) in [6.07, 6.45) is 5.62. The third-order valence-electron chi connectivity index (χ3n) is 2.35. The van der Waals surface area contributed by atoms with E-state index in [0.717, 1.165) is 5.57 Å². The minimum absolute atomic E-state index is 0.169. The summed E-state index contributed by atoms with van der Waals surface area (Å²) in [6, 6.07) is 0. The van der Waals surface area contributed by atoms with Crippen LogP contribution in [0.1, 0.15) is 13.8 Å². The lowest BCUT2D eigenvalue weighted by atomic mass is 9.84. The van der Waals surface area contributed by atoms with Crippen LogP contribution >= 0.6 is 0 Å². The number of hydrogen-bond acceptors (Lipinski definition) is 2. The molecule has 1 rings (SSSR count). The molecule has 0 bridgehead atoms. The van der Waals surface area contributed by atoms with Crippen molar-refractivity contribution in [2.24, 2.45) is 11.8 Å². The van der Waals surface area contributed by atoms with Crippen molar-refractivity contribution in [3.8, 4) is 0 Å². The number of carbonyl (C=O) groups is 1. The van der Waals surface area contributed by atoms with E-state index in [1.807, 2.05) is 26.0 Å². The maximum absolute atomic E-state index is 11.1. The molecule has 1 aliphatic carbocycles. The summed E-state index contributed by atoms with van der Waals surface area (Å²) in [5.74, 6) is -0.409. The molecule has 0 saturated heterocycles. The predicted octanol–water partition coefficient (Wildman–Crippen LogP) is 1.26. The van der Waals surface area contributed by atoms with Gasteiger partial charge in [0.1, 0.15) is 0 Å². The second kappa shape index (κ2) is 3.54. The molecule has 0 aromatic rings. The summed E-state index contributed by atoms with van der Waals surface area (Å²) in [7, 11) is 0. The van der Waals surface area contributed by atoms with Crippen LogP contribution < -0.4 is 5.48 Å². The Morgan fingerprint density at radius 3 is 2.92 bits per heavy atom. The van der Waals surface area contributed by atoms with E-state index >= 15 is 0 Å². The van der Waals surface area contributed by atoms with Gasteiger partial charge in [0.2, 0.25) is 0 Å². The van der Waals surface area contributed by atoms with Gasteiger partial charge in [-0.25, -0.2) is 5.48 Å². The quantitative estimate of drug-likeness (QED) is 0.456. The van der Waals surface area contributed by atoms with Gasteiger partial charge < -0.3 is 0 Å². The lowest BCUT2D eigenvalue weighted by Crippen LogP contribution is -2.32. The Morgan fingerprint density at radius 2 is 2.33 bits per heavy atom. The van der Waals surface area contributed by atoms with Crippen LogP contribution in [0.2, 0.25) is 0 Å². The molecule has 2 unspecified atom stereocenters. The van der Waals surface area contributed by atoms with Gasteiger partial charge in [-0.3, -0.25) is 10.0 Å². The molecule has 1 amide bonds. The molecular weight excluding hydrogens is 154 g/mol. The number of hydrogen-bond donors (Lipinski definition) is 2. The van der Waals surface area contributed by atoms with E-state index in [-0.39, 0.29) is 17.7 Å². The van der Waals surface area contributed by atoms with Gasteiger partial charge in [0.15, 0.2) is 0 Å². The molecule has 3 heteroatoms. The maximum atomic E-state index is 11.1. The first-order chi connectivity index (χ1) is 5.66. The fraction of sp³-hybridized carbons (Fsp3) is 0.444. The molecule has 66 valence electrons. The third kappa shape index (κ3) is 1.56. The first-order valence-corrected chi connectivity index (χ1v) is 3.95. The molecule has 2 N–H and O–H groups in total. The molecule has 2 atom stereocenters. The topological polar surface area (TPSA) is 49.3 Å². The van der Waals surface area contributed by atoms with Gasteiger partial charge in [-0.2, -0.15) is 0 Å². The number of allylic oxidation sites excluding steroid dienone is 3. The largest absolute Gasteiger partial charge is 0.289 e. The van der Waals surface area contributed by atoms with Crippen molar-refractivity contribution in [3.05, 3.63) is 23.8 Å². The van der Waals surface area contributed by atoms with Crippen molar-refractivity contribution in [3.63, 3.8) is 0 Å². The summed E-state index contributed by atoms with van der Waals surface area (Å²) in [5, 5.41) is 8.44. The monoisotopic (exact) mass is 167 g/mol. The Balaban J connectivity index is 2.76. The van der Waals surface area contributed by atoms with Crippen molar-refractivity contribution < 1.29 is 10.0 Å². The number of nitrogens with one attached hydrogen (secondary N) is 1. The average Bonchev–Trinajstić information content (AvgIpc) is 2.08. The van der Waals surface area contributed by atoms with Crippen LogP contribution in [0.4, 0.5) is 0 Å². The van der Waals surface area contributed by atoms with Crippen LogP contribution in [0.15, 0.2) is 23.8 Å². The maximum Gasteiger partial charge on any atom is 0.250 e.